The summed E-state index contributed by atoms with van der Waals surface area (Å²) in [5.41, 5.74) is 0.865. The molecule has 0 aromatic heterocycles. The number of hydrogen-bond acceptors (Lipinski definition) is 3. The monoisotopic (exact) mass is 215 g/mol. The van der Waals surface area contributed by atoms with E-state index in [2.05, 4.69) is 0 Å². The number of phenolic OH excluding ortho intramolecular Hbond substituents is 1. The summed E-state index contributed by atoms with van der Waals surface area (Å²) in [6, 6.07) is 8.23. The quantitative estimate of drug-likeness (QED) is 0.622. The highest BCUT2D eigenvalue weighted by Crippen LogP contribution is 2.14. The largest absolute Gasteiger partial charge is 0.508 e. The normalized spacial score (nSPS) is 11.2. The summed E-state index contributed by atoms with van der Waals surface area (Å²) in [5.74, 6) is -0.204. The van der Waals surface area contributed by atoms with Crippen LogP contribution in [0.25, 0.3) is 6.08 Å². The molecule has 0 aliphatic carbocycles. The number of nitrogens with zero attached hydrogens (tertiary/aromatic N) is 1. The highest BCUT2D eigenvalue weighted by Gasteiger charge is 2.12. The van der Waals surface area contributed by atoms with E-state index in [1.807, 2.05) is 6.07 Å². The first kappa shape index (κ1) is 12.0. The third kappa shape index (κ3) is 2.96. The fraction of sp³-hybridized carbons (Fsp3) is 0.231. The molecule has 0 saturated carbocycles. The van der Waals surface area contributed by atoms with Gasteiger partial charge in [0, 0.05) is 5.92 Å². The van der Waals surface area contributed by atoms with Crippen LogP contribution in [0.4, 0.5) is 0 Å². The lowest BCUT2D eigenvalue weighted by molar-refractivity contribution is -0.117. The van der Waals surface area contributed by atoms with Gasteiger partial charge in [0.25, 0.3) is 0 Å². The van der Waals surface area contributed by atoms with Crippen molar-refractivity contribution in [1.29, 1.82) is 5.26 Å². The Balaban J connectivity index is 3.02. The second kappa shape index (κ2) is 5.13. The van der Waals surface area contributed by atoms with Gasteiger partial charge in [0.1, 0.15) is 11.8 Å². The van der Waals surface area contributed by atoms with Gasteiger partial charge in [0.15, 0.2) is 5.78 Å². The summed E-state index contributed by atoms with van der Waals surface area (Å²) < 4.78 is 0. The molecule has 1 N–H and O–H groups in total. The first-order valence-electron chi connectivity index (χ1n) is 4.99. The van der Waals surface area contributed by atoms with Crippen molar-refractivity contribution >= 4 is 11.9 Å². The number of allylic oxidation sites excluding steroid dienone is 1. The number of ketones is 1. The minimum atomic E-state index is -0.192. The molecule has 0 spiro atoms. The molecule has 0 amide bonds. The fourth-order valence-electron chi connectivity index (χ4n) is 1.21. The molecule has 1 rings (SSSR count). The molecule has 3 heteroatoms. The summed E-state index contributed by atoms with van der Waals surface area (Å²) in [6.07, 6.45) is 1.53. The van der Waals surface area contributed by atoms with Crippen LogP contribution >= 0.6 is 0 Å². The average molecular weight is 215 g/mol. The van der Waals surface area contributed by atoms with Crippen LogP contribution in [0, 0.1) is 17.2 Å². The van der Waals surface area contributed by atoms with Gasteiger partial charge in [-0.1, -0.05) is 26.0 Å². The van der Waals surface area contributed by atoms with E-state index in [9.17, 15) is 4.79 Å². The van der Waals surface area contributed by atoms with Crippen LogP contribution in [0.1, 0.15) is 19.4 Å². The molecule has 16 heavy (non-hydrogen) atoms. The molecule has 0 unspecified atom stereocenters. The lowest BCUT2D eigenvalue weighted by atomic mass is 10.00. The van der Waals surface area contributed by atoms with E-state index in [0.717, 1.165) is 5.56 Å². The zero-order chi connectivity index (χ0) is 12.1. The molecule has 3 nitrogen and oxygen atoms in total. The van der Waals surface area contributed by atoms with Crippen molar-refractivity contribution in [2.45, 2.75) is 13.8 Å². The van der Waals surface area contributed by atoms with Crippen LogP contribution < -0.4 is 0 Å². The van der Waals surface area contributed by atoms with Crippen LogP contribution in [0.3, 0.4) is 0 Å². The smallest absolute Gasteiger partial charge is 0.175 e. The maximum atomic E-state index is 11.6. The molecule has 0 bridgehead atoms. The van der Waals surface area contributed by atoms with Crippen LogP contribution in [0.5, 0.6) is 5.75 Å². The molecule has 0 heterocycles. The van der Waals surface area contributed by atoms with E-state index in [1.54, 1.807) is 26.0 Å². The van der Waals surface area contributed by atoms with Gasteiger partial charge in [-0.3, -0.25) is 4.79 Å². The molecule has 0 fully saturated rings. The van der Waals surface area contributed by atoms with Crippen LogP contribution in [-0.4, -0.2) is 10.9 Å². The summed E-state index contributed by atoms with van der Waals surface area (Å²) in [7, 11) is 0. The third-order valence-electron chi connectivity index (χ3n) is 2.11. The lowest BCUT2D eigenvalue weighted by Crippen LogP contribution is -2.08. The molecular formula is C13H13NO2. The third-order valence-corrected chi connectivity index (χ3v) is 2.11. The van der Waals surface area contributed by atoms with Crippen molar-refractivity contribution in [1.82, 2.24) is 0 Å². The number of rotatable bonds is 3. The maximum Gasteiger partial charge on any atom is 0.175 e. The maximum absolute atomic E-state index is 11.6. The number of phenols is 1. The zero-order valence-corrected chi connectivity index (χ0v) is 9.27. The van der Waals surface area contributed by atoms with Crippen molar-refractivity contribution < 1.29 is 9.90 Å². The van der Waals surface area contributed by atoms with Crippen molar-refractivity contribution in [2.24, 2.45) is 5.92 Å². The van der Waals surface area contributed by atoms with Gasteiger partial charge < -0.3 is 5.11 Å². The van der Waals surface area contributed by atoms with Gasteiger partial charge in [-0.15, -0.1) is 0 Å². The van der Waals surface area contributed by atoms with E-state index in [-0.39, 0.29) is 23.0 Å². The number of Topliss-reactive ketones (excluding diaryl/α,β-unsaturated/α-hetero) is 1. The predicted molar refractivity (Wildman–Crippen MR) is 61.5 cm³/mol. The molecule has 0 radical (unpaired) electrons. The number of benzene rings is 1. The molecule has 0 aliphatic heterocycles. The Bertz CT molecular complexity index is 450. The van der Waals surface area contributed by atoms with E-state index in [4.69, 9.17) is 10.4 Å². The summed E-state index contributed by atoms with van der Waals surface area (Å²) >= 11 is 0. The van der Waals surface area contributed by atoms with Crippen LogP contribution in [0.15, 0.2) is 29.8 Å². The van der Waals surface area contributed by atoms with E-state index in [1.165, 1.54) is 18.2 Å². The van der Waals surface area contributed by atoms with Crippen LogP contribution in [0.2, 0.25) is 0 Å². The van der Waals surface area contributed by atoms with Crippen molar-refractivity contribution in [3.63, 3.8) is 0 Å². The summed E-state index contributed by atoms with van der Waals surface area (Å²) in [5, 5.41) is 18.0. The second-order valence-corrected chi connectivity index (χ2v) is 3.78. The number of nitriles is 1. The number of hydrogen-bond donors (Lipinski definition) is 1. The van der Waals surface area contributed by atoms with Gasteiger partial charge in [-0.2, -0.15) is 5.26 Å². The highest BCUT2D eigenvalue weighted by atomic mass is 16.3. The first-order chi connectivity index (χ1) is 7.54. The summed E-state index contributed by atoms with van der Waals surface area (Å²) in [6.45, 7) is 3.51. The Morgan fingerprint density at radius 3 is 2.38 bits per heavy atom. The number of carbonyl (C=O) groups excluding carboxylic acids is 1. The summed E-state index contributed by atoms with van der Waals surface area (Å²) in [4.78, 5) is 11.6. The SMILES string of the molecule is CC(C)C(=O)/C(C#N)=C/c1ccc(O)cc1. The fourth-order valence-corrected chi connectivity index (χ4v) is 1.21. The molecule has 1 aromatic carbocycles. The van der Waals surface area contributed by atoms with Gasteiger partial charge in [0.2, 0.25) is 0 Å². The Kier molecular flexibility index (Phi) is 3.84. The second-order valence-electron chi connectivity index (χ2n) is 3.78. The predicted octanol–water partition coefficient (Wildman–Crippen LogP) is 2.52. The molecule has 0 atom stereocenters. The Morgan fingerprint density at radius 1 is 1.38 bits per heavy atom. The van der Waals surface area contributed by atoms with E-state index < -0.39 is 0 Å². The van der Waals surface area contributed by atoms with Gasteiger partial charge in [-0.05, 0) is 23.8 Å². The van der Waals surface area contributed by atoms with Crippen molar-refractivity contribution in [2.75, 3.05) is 0 Å². The zero-order valence-electron chi connectivity index (χ0n) is 9.27. The lowest BCUT2D eigenvalue weighted by Gasteiger charge is -2.02. The number of aromatic hydroxyl groups is 1. The van der Waals surface area contributed by atoms with Gasteiger partial charge in [0.05, 0.1) is 5.57 Å². The molecule has 82 valence electrons. The highest BCUT2D eigenvalue weighted by molar-refractivity contribution is 6.04. The molecule has 0 saturated heterocycles. The standard InChI is InChI=1S/C13H13NO2/c1-9(2)13(16)11(8-14)7-10-3-5-12(15)6-4-10/h3-7,9,15H,1-2H3/b11-7+. The van der Waals surface area contributed by atoms with Gasteiger partial charge >= 0.3 is 0 Å². The van der Waals surface area contributed by atoms with E-state index >= 15 is 0 Å². The molecular weight excluding hydrogens is 202 g/mol. The number of carbonyl (C=O) groups is 1. The van der Waals surface area contributed by atoms with E-state index in [0.29, 0.717) is 0 Å². The average Bonchev–Trinajstić information content (AvgIpc) is 2.27. The molecule has 1 aromatic rings. The van der Waals surface area contributed by atoms with Gasteiger partial charge in [-0.25, -0.2) is 0 Å². The minimum absolute atomic E-state index is 0.140. The topological polar surface area (TPSA) is 61.1 Å². The first-order valence-corrected chi connectivity index (χ1v) is 4.99. The van der Waals surface area contributed by atoms with Crippen molar-refractivity contribution in [3.8, 4) is 11.8 Å². The minimum Gasteiger partial charge on any atom is -0.508 e. The Hall–Kier alpha value is -2.08. The molecule has 0 aliphatic rings. The Morgan fingerprint density at radius 2 is 1.94 bits per heavy atom. The van der Waals surface area contributed by atoms with Crippen molar-refractivity contribution in [3.05, 3.63) is 35.4 Å². The Labute approximate surface area is 94.6 Å². The van der Waals surface area contributed by atoms with Crippen LogP contribution in [-0.2, 0) is 4.79 Å².